The van der Waals surface area contributed by atoms with E-state index in [1.807, 2.05) is 0 Å². The van der Waals surface area contributed by atoms with Crippen LogP contribution in [0.5, 0.6) is 0 Å². The molecule has 2 saturated carbocycles. The number of carbonyl (C=O) groups is 2. The van der Waals surface area contributed by atoms with E-state index in [9.17, 15) is 19.8 Å². The van der Waals surface area contributed by atoms with Crippen molar-refractivity contribution in [1.29, 1.82) is 0 Å². The summed E-state index contributed by atoms with van der Waals surface area (Å²) >= 11 is 0. The summed E-state index contributed by atoms with van der Waals surface area (Å²) in [4.78, 5) is 24.5. The molecule has 7 atom stereocenters. The molecular weight excluding hydrogens is 569 g/mol. The second kappa shape index (κ2) is 12.4. The molecule has 8 nitrogen and oxygen atoms in total. The van der Waals surface area contributed by atoms with Gasteiger partial charge in [-0.15, -0.1) is 0 Å². The Labute approximate surface area is 236 Å². The highest BCUT2D eigenvalue weighted by Gasteiger charge is 2.66. The zero-order chi connectivity index (χ0) is 29.3. The lowest BCUT2D eigenvalue weighted by atomic mass is 9.79. The highest BCUT2D eigenvalue weighted by Crippen LogP contribution is 2.62. The van der Waals surface area contributed by atoms with Crippen LogP contribution in [0.2, 0.25) is 77.1 Å². The first-order valence-electron chi connectivity index (χ1n) is 14.4. The van der Waals surface area contributed by atoms with Crippen LogP contribution in [0.3, 0.4) is 0 Å². The predicted octanol–water partition coefficient (Wildman–Crippen LogP) is 6.96. The number of unbranched alkanes of at least 4 members (excludes halogenated alkanes) is 3. The third kappa shape index (κ3) is 9.19. The summed E-state index contributed by atoms with van der Waals surface area (Å²) in [7, 11) is -12.3. The molecule has 2 fully saturated rings. The Kier molecular flexibility index (Phi) is 11.1. The number of carboxylic acid groups (broad SMARTS) is 2. The van der Waals surface area contributed by atoms with Crippen LogP contribution in [0.4, 0.5) is 0 Å². The fraction of sp³-hybridized carbons (Fsp3) is 0.920. The Morgan fingerprint density at radius 3 is 1.74 bits per heavy atom. The van der Waals surface area contributed by atoms with Crippen molar-refractivity contribution in [2.24, 2.45) is 23.7 Å². The van der Waals surface area contributed by atoms with Gasteiger partial charge in [0.2, 0.25) is 0 Å². The van der Waals surface area contributed by atoms with Gasteiger partial charge in [-0.3, -0.25) is 9.59 Å². The standard InChI is InChI=1S/C25H54O8Si5/c1-12-13-14-15-16-37(10,31-35(5,6)7)33-38(11,32-36(8,9)30-34(2,3)4)21-18-19-17-20(21)23(25(28)29)22(19)24(26)27/h19-23H,12-18H2,1-11H3,(H,26,27)(H,28,29). The van der Waals surface area contributed by atoms with E-state index in [2.05, 4.69) is 72.4 Å². The van der Waals surface area contributed by atoms with Crippen LogP contribution in [0, 0.1) is 23.7 Å². The quantitative estimate of drug-likeness (QED) is 0.140. The highest BCUT2D eigenvalue weighted by atomic mass is 28.5. The molecule has 7 unspecified atom stereocenters. The SMILES string of the molecule is CCCCCC[Si](C)(O[Si](C)(C)C)O[Si](C)(O[Si](C)(C)O[Si](C)(C)C)C1CC2CC1C(C(=O)O)C2C(=O)O. The van der Waals surface area contributed by atoms with Gasteiger partial charge >= 0.3 is 37.6 Å². The molecule has 0 radical (unpaired) electrons. The molecule has 0 amide bonds. The summed E-state index contributed by atoms with van der Waals surface area (Å²) in [5.41, 5.74) is -0.103. The van der Waals surface area contributed by atoms with Crippen molar-refractivity contribution in [2.45, 2.75) is 123 Å². The van der Waals surface area contributed by atoms with Crippen molar-refractivity contribution in [1.82, 2.24) is 0 Å². The topological polar surface area (TPSA) is 112 Å². The lowest BCUT2D eigenvalue weighted by Gasteiger charge is -2.49. The van der Waals surface area contributed by atoms with E-state index in [-0.39, 0.29) is 17.4 Å². The monoisotopic (exact) mass is 622 g/mol. The fourth-order valence-electron chi connectivity index (χ4n) is 7.15. The van der Waals surface area contributed by atoms with E-state index in [0.717, 1.165) is 25.3 Å². The third-order valence-electron chi connectivity index (χ3n) is 7.67. The van der Waals surface area contributed by atoms with Gasteiger partial charge in [-0.1, -0.05) is 32.6 Å². The zero-order valence-corrected chi connectivity index (χ0v) is 30.7. The van der Waals surface area contributed by atoms with E-state index in [1.54, 1.807) is 0 Å². The second-order valence-electron chi connectivity index (χ2n) is 14.2. The fourth-order valence-corrected chi connectivity index (χ4v) is 32.0. The normalized spacial score (nSPS) is 29.2. The largest absolute Gasteiger partial charge is 0.481 e. The molecule has 2 rings (SSSR count). The molecule has 0 aromatic carbocycles. The minimum absolute atomic E-state index is 0.103. The molecule has 2 aliphatic rings. The van der Waals surface area contributed by atoms with Gasteiger partial charge in [0, 0.05) is 5.54 Å². The van der Waals surface area contributed by atoms with Gasteiger partial charge in [0.15, 0.2) is 16.6 Å². The molecule has 0 spiro atoms. The van der Waals surface area contributed by atoms with Gasteiger partial charge in [0.25, 0.3) is 0 Å². The predicted molar refractivity (Wildman–Crippen MR) is 163 cm³/mol. The van der Waals surface area contributed by atoms with Gasteiger partial charge in [-0.2, -0.15) is 0 Å². The zero-order valence-electron chi connectivity index (χ0n) is 25.7. The number of fused-ring (bicyclic) bond motifs is 2. The molecule has 0 aromatic heterocycles. The lowest BCUT2D eigenvalue weighted by molar-refractivity contribution is -0.156. The molecule has 0 aliphatic heterocycles. The van der Waals surface area contributed by atoms with Gasteiger partial charge in [0.1, 0.15) is 0 Å². The molecule has 0 saturated heterocycles. The summed E-state index contributed by atoms with van der Waals surface area (Å²) in [6.45, 7) is 23.6. The van der Waals surface area contributed by atoms with Crippen LogP contribution < -0.4 is 0 Å². The molecular formula is C25H54O8Si5. The van der Waals surface area contributed by atoms with Crippen LogP contribution in [0.1, 0.15) is 45.4 Å². The number of carboxylic acids is 2. The van der Waals surface area contributed by atoms with Crippen molar-refractivity contribution in [3.05, 3.63) is 0 Å². The van der Waals surface area contributed by atoms with Crippen LogP contribution in [-0.2, 0) is 26.0 Å². The highest BCUT2D eigenvalue weighted by molar-refractivity contribution is 6.91. The van der Waals surface area contributed by atoms with Gasteiger partial charge < -0.3 is 26.7 Å². The van der Waals surface area contributed by atoms with Crippen LogP contribution in [0.25, 0.3) is 0 Å². The van der Waals surface area contributed by atoms with Gasteiger partial charge in [-0.05, 0) is 96.2 Å². The Balaban J connectivity index is 2.50. The number of rotatable bonds is 16. The Morgan fingerprint density at radius 1 is 0.711 bits per heavy atom. The molecule has 2 bridgehead atoms. The Morgan fingerprint density at radius 2 is 1.26 bits per heavy atom. The van der Waals surface area contributed by atoms with Crippen molar-refractivity contribution >= 4 is 54.3 Å². The first kappa shape index (κ1) is 34.1. The number of hydrogen-bond donors (Lipinski definition) is 2. The molecule has 0 aromatic rings. The first-order valence-corrected chi connectivity index (χ1v) is 28.9. The summed E-state index contributed by atoms with van der Waals surface area (Å²) < 4.78 is 27.9. The van der Waals surface area contributed by atoms with Crippen molar-refractivity contribution in [3.8, 4) is 0 Å². The van der Waals surface area contributed by atoms with Crippen molar-refractivity contribution in [3.63, 3.8) is 0 Å². The van der Waals surface area contributed by atoms with Gasteiger partial charge in [-0.25, -0.2) is 0 Å². The minimum atomic E-state index is -3.10. The lowest BCUT2D eigenvalue weighted by Crippen LogP contribution is -2.63. The summed E-state index contributed by atoms with van der Waals surface area (Å²) in [5, 5.41) is 20.0. The van der Waals surface area contributed by atoms with E-state index in [4.69, 9.17) is 16.5 Å². The van der Waals surface area contributed by atoms with Crippen molar-refractivity contribution < 1.29 is 36.3 Å². The number of hydrogen-bond acceptors (Lipinski definition) is 6. The maximum absolute atomic E-state index is 12.4. The van der Waals surface area contributed by atoms with E-state index >= 15 is 0 Å². The summed E-state index contributed by atoms with van der Waals surface area (Å²) in [5.74, 6) is -4.20. The molecule has 38 heavy (non-hydrogen) atoms. The molecule has 2 N–H and O–H groups in total. The van der Waals surface area contributed by atoms with Crippen LogP contribution >= 0.6 is 0 Å². The molecule has 0 heterocycles. The molecule has 13 heteroatoms. The third-order valence-corrected chi connectivity index (χ3v) is 26.5. The first-order chi connectivity index (χ1) is 17.1. The summed E-state index contributed by atoms with van der Waals surface area (Å²) in [6, 6.07) is 0.876. The molecule has 222 valence electrons. The van der Waals surface area contributed by atoms with Crippen LogP contribution in [0.15, 0.2) is 0 Å². The second-order valence-corrected chi connectivity index (χ2v) is 34.3. The summed E-state index contributed by atoms with van der Waals surface area (Å²) in [6.07, 6.45) is 5.74. The number of aliphatic carboxylic acids is 2. The van der Waals surface area contributed by atoms with Crippen LogP contribution in [-0.4, -0.2) is 64.5 Å². The average Bonchev–Trinajstić information content (AvgIpc) is 3.26. The average molecular weight is 623 g/mol. The van der Waals surface area contributed by atoms with E-state index < -0.39 is 66.1 Å². The smallest absolute Gasteiger partial charge is 0.320 e. The van der Waals surface area contributed by atoms with E-state index in [0.29, 0.717) is 12.8 Å². The van der Waals surface area contributed by atoms with Crippen molar-refractivity contribution in [2.75, 3.05) is 0 Å². The molecule has 2 aliphatic carbocycles. The van der Waals surface area contributed by atoms with Gasteiger partial charge in [0.05, 0.1) is 11.8 Å². The minimum Gasteiger partial charge on any atom is -0.481 e. The Hall–Kier alpha value is -0.136. The maximum atomic E-state index is 12.4. The Bertz CT molecular complexity index is 845. The van der Waals surface area contributed by atoms with E-state index in [1.165, 1.54) is 6.42 Å². The maximum Gasteiger partial charge on any atom is 0.320 e.